The van der Waals surface area contributed by atoms with E-state index in [1.165, 1.54) is 15.0 Å². The number of hydrogen-bond acceptors (Lipinski definition) is 4. The zero-order valence-corrected chi connectivity index (χ0v) is 17.2. The molecule has 5 nitrogen and oxygen atoms in total. The minimum absolute atomic E-state index is 0.185. The van der Waals surface area contributed by atoms with Crippen LogP contribution < -0.4 is 0 Å². The van der Waals surface area contributed by atoms with E-state index in [1.54, 1.807) is 23.7 Å². The zero-order chi connectivity index (χ0) is 20.8. The molecule has 0 aliphatic carbocycles. The topological polar surface area (TPSA) is 51.0 Å². The molecule has 1 unspecified atom stereocenters. The van der Waals surface area contributed by atoms with Gasteiger partial charge in [0.15, 0.2) is 5.83 Å². The smallest absolute Gasteiger partial charge is 0.282 e. The highest BCUT2D eigenvalue weighted by atomic mass is 32.1. The van der Waals surface area contributed by atoms with Crippen LogP contribution in [0.2, 0.25) is 0 Å². The molecule has 7 heteroatoms. The van der Waals surface area contributed by atoms with Crippen molar-refractivity contribution >= 4 is 27.3 Å². The average Bonchev–Trinajstić information content (AvgIpc) is 3.36. The number of fused-ring (bicyclic) bond motifs is 2. The Labute approximate surface area is 177 Å². The number of amides is 1. The number of hydrogen-bond donors (Lipinski definition) is 0. The van der Waals surface area contributed by atoms with E-state index >= 15 is 0 Å². The van der Waals surface area contributed by atoms with Gasteiger partial charge in [0.05, 0.1) is 18.8 Å². The number of thiophene rings is 1. The predicted molar refractivity (Wildman–Crippen MR) is 117 cm³/mol. The fraction of sp³-hybridized carbons (Fsp3) is 0.174. The van der Waals surface area contributed by atoms with Crippen LogP contribution in [-0.4, -0.2) is 31.6 Å². The monoisotopic (exact) mass is 418 g/mol. The third-order valence-corrected chi connectivity index (χ3v) is 6.42. The molecule has 150 valence electrons. The first-order chi connectivity index (χ1) is 14.5. The summed E-state index contributed by atoms with van der Waals surface area (Å²) >= 11 is 1.69. The lowest BCUT2D eigenvalue weighted by molar-refractivity contribution is -0.132. The van der Waals surface area contributed by atoms with E-state index in [9.17, 15) is 9.18 Å². The molecule has 3 aromatic heterocycles. The fourth-order valence-corrected chi connectivity index (χ4v) is 4.86. The van der Waals surface area contributed by atoms with Crippen LogP contribution in [0, 0.1) is 0 Å². The van der Waals surface area contributed by atoms with E-state index in [0.29, 0.717) is 6.54 Å². The molecular formula is C23H19FN4OS. The van der Waals surface area contributed by atoms with Gasteiger partial charge in [-0.25, -0.2) is 4.39 Å². The average molecular weight is 418 g/mol. The van der Waals surface area contributed by atoms with E-state index in [1.807, 2.05) is 23.7 Å². The Morgan fingerprint density at radius 3 is 2.77 bits per heavy atom. The molecule has 0 saturated carbocycles. The van der Waals surface area contributed by atoms with Gasteiger partial charge < -0.3 is 4.90 Å². The highest BCUT2D eigenvalue weighted by molar-refractivity contribution is 7.17. The molecule has 1 atom stereocenters. The molecule has 1 aromatic carbocycles. The normalized spacial score (nSPS) is 15.9. The summed E-state index contributed by atoms with van der Waals surface area (Å²) in [5.74, 6) is -1.61. The highest BCUT2D eigenvalue weighted by Crippen LogP contribution is 2.38. The third kappa shape index (κ3) is 3.02. The summed E-state index contributed by atoms with van der Waals surface area (Å²) in [6, 6.07) is 12.1. The van der Waals surface area contributed by atoms with Gasteiger partial charge in [0.1, 0.15) is 5.69 Å². The largest absolute Gasteiger partial charge is 0.326 e. The maximum atomic E-state index is 13.6. The van der Waals surface area contributed by atoms with Gasteiger partial charge in [0.2, 0.25) is 0 Å². The van der Waals surface area contributed by atoms with Crippen LogP contribution in [0.3, 0.4) is 0 Å². The van der Waals surface area contributed by atoms with Crippen molar-refractivity contribution in [2.45, 2.75) is 26.1 Å². The highest BCUT2D eigenvalue weighted by Gasteiger charge is 2.33. The number of carbonyl (C=O) groups excluding carboxylic acids is 1. The van der Waals surface area contributed by atoms with Gasteiger partial charge in [-0.3, -0.25) is 14.5 Å². The summed E-state index contributed by atoms with van der Waals surface area (Å²) in [6.07, 6.45) is 3.48. The van der Waals surface area contributed by atoms with Gasteiger partial charge in [-0.15, -0.1) is 11.3 Å². The number of benzene rings is 1. The van der Waals surface area contributed by atoms with E-state index < -0.39 is 11.7 Å². The van der Waals surface area contributed by atoms with Crippen molar-refractivity contribution in [2.24, 2.45) is 0 Å². The molecule has 0 saturated heterocycles. The first-order valence-electron chi connectivity index (χ1n) is 9.66. The fourth-order valence-electron chi connectivity index (χ4n) is 4.03. The Balaban J connectivity index is 1.70. The lowest BCUT2D eigenvalue weighted by atomic mass is 9.98. The third-order valence-electron chi connectivity index (χ3n) is 5.54. The molecule has 5 rings (SSSR count). The zero-order valence-electron chi connectivity index (χ0n) is 16.4. The second-order valence-electron chi connectivity index (χ2n) is 7.45. The van der Waals surface area contributed by atoms with Crippen molar-refractivity contribution in [3.63, 3.8) is 0 Å². The maximum absolute atomic E-state index is 13.6. The summed E-state index contributed by atoms with van der Waals surface area (Å²) in [4.78, 5) is 18.0. The molecule has 0 fully saturated rings. The van der Waals surface area contributed by atoms with Gasteiger partial charge in [-0.1, -0.05) is 18.7 Å². The van der Waals surface area contributed by atoms with E-state index in [-0.39, 0.29) is 12.6 Å². The first kappa shape index (κ1) is 18.7. The number of carbonyl (C=O) groups is 1. The van der Waals surface area contributed by atoms with Gasteiger partial charge in [-0.05, 0) is 47.5 Å². The van der Waals surface area contributed by atoms with Gasteiger partial charge in [-0.2, -0.15) is 5.10 Å². The summed E-state index contributed by atoms with van der Waals surface area (Å²) in [6.45, 7) is 5.85. The molecule has 1 amide bonds. The SMILES string of the molecule is C=C(F)C(=O)N1Cc2c(-c3ccncc3)c(-c3ccc4ccsc4c3)nn2CC1C. The van der Waals surface area contributed by atoms with Crippen molar-refractivity contribution < 1.29 is 9.18 Å². The molecule has 1 aliphatic heterocycles. The van der Waals surface area contributed by atoms with Crippen LogP contribution in [0.25, 0.3) is 32.5 Å². The predicted octanol–water partition coefficient (Wildman–Crippen LogP) is 5.04. The minimum Gasteiger partial charge on any atom is -0.326 e. The molecule has 1 aliphatic rings. The molecule has 4 aromatic rings. The van der Waals surface area contributed by atoms with Crippen LogP contribution in [0.4, 0.5) is 4.39 Å². The second kappa shape index (κ2) is 7.18. The lowest BCUT2D eigenvalue weighted by Crippen LogP contribution is -2.45. The summed E-state index contributed by atoms with van der Waals surface area (Å²) < 4.78 is 16.8. The Morgan fingerprint density at radius 2 is 2.00 bits per heavy atom. The number of nitrogens with zero attached hydrogens (tertiary/aromatic N) is 4. The first-order valence-corrected chi connectivity index (χ1v) is 10.5. The van der Waals surface area contributed by atoms with Crippen LogP contribution in [-0.2, 0) is 17.9 Å². The Kier molecular flexibility index (Phi) is 4.47. The molecular weight excluding hydrogens is 399 g/mol. The van der Waals surface area contributed by atoms with Crippen molar-refractivity contribution in [2.75, 3.05) is 0 Å². The number of pyridine rings is 1. The van der Waals surface area contributed by atoms with E-state index in [0.717, 1.165) is 28.1 Å². The molecule has 0 bridgehead atoms. The summed E-state index contributed by atoms with van der Waals surface area (Å²) in [7, 11) is 0. The minimum atomic E-state index is -0.941. The van der Waals surface area contributed by atoms with Gasteiger partial charge in [0, 0.05) is 34.3 Å². The van der Waals surface area contributed by atoms with Crippen LogP contribution in [0.5, 0.6) is 0 Å². The Bertz CT molecular complexity index is 1280. The van der Waals surface area contributed by atoms with Crippen molar-refractivity contribution in [1.29, 1.82) is 0 Å². The maximum Gasteiger partial charge on any atom is 0.282 e. The Hall–Kier alpha value is -3.32. The van der Waals surface area contributed by atoms with Crippen LogP contribution in [0.1, 0.15) is 12.6 Å². The summed E-state index contributed by atoms with van der Waals surface area (Å²) in [5, 5.41) is 8.20. The number of aromatic nitrogens is 3. The van der Waals surface area contributed by atoms with Crippen molar-refractivity contribution in [3.8, 4) is 22.4 Å². The lowest BCUT2D eigenvalue weighted by Gasteiger charge is -2.34. The molecule has 0 spiro atoms. The standard InChI is InChI=1S/C23H19FN4OS/c1-14-12-28-19(13-27(14)23(29)15(2)24)21(17-5-8-25-9-6-17)22(26-28)18-4-3-16-7-10-30-20(16)11-18/h3-11,14H,2,12-13H2,1H3. The van der Waals surface area contributed by atoms with Crippen LogP contribution in [0.15, 0.2) is 66.6 Å². The molecule has 0 radical (unpaired) electrons. The molecule has 4 heterocycles. The summed E-state index contributed by atoms with van der Waals surface area (Å²) in [5.41, 5.74) is 4.66. The van der Waals surface area contributed by atoms with E-state index in [2.05, 4.69) is 41.2 Å². The van der Waals surface area contributed by atoms with E-state index in [4.69, 9.17) is 5.10 Å². The van der Waals surface area contributed by atoms with Gasteiger partial charge >= 0.3 is 0 Å². The Morgan fingerprint density at radius 1 is 1.20 bits per heavy atom. The number of rotatable bonds is 3. The second-order valence-corrected chi connectivity index (χ2v) is 8.40. The van der Waals surface area contributed by atoms with Gasteiger partial charge in [0.25, 0.3) is 5.91 Å². The van der Waals surface area contributed by atoms with Crippen molar-refractivity contribution in [1.82, 2.24) is 19.7 Å². The number of halogens is 1. The quantitative estimate of drug-likeness (QED) is 0.438. The molecule has 0 N–H and O–H groups in total. The molecule has 30 heavy (non-hydrogen) atoms. The van der Waals surface area contributed by atoms with Crippen LogP contribution >= 0.6 is 11.3 Å². The van der Waals surface area contributed by atoms with Crippen molar-refractivity contribution in [3.05, 3.63) is 72.3 Å².